The standard InChI is InChI=1S/C13H18N4/c1-2-10-7-15-13-16-12(9-17(13)8-10)5-11-3-4-14-6-11/h7-9,11,14H,2-6H2,1H3. The van der Waals surface area contributed by atoms with Crippen molar-refractivity contribution in [3.63, 3.8) is 0 Å². The van der Waals surface area contributed by atoms with Gasteiger partial charge in [-0.1, -0.05) is 6.92 Å². The van der Waals surface area contributed by atoms with Crippen LogP contribution in [0.1, 0.15) is 24.6 Å². The van der Waals surface area contributed by atoms with E-state index < -0.39 is 0 Å². The summed E-state index contributed by atoms with van der Waals surface area (Å²) in [4.78, 5) is 8.96. The van der Waals surface area contributed by atoms with Crippen molar-refractivity contribution >= 4 is 5.78 Å². The first kappa shape index (κ1) is 10.7. The molecule has 0 saturated carbocycles. The molecule has 2 aromatic heterocycles. The smallest absolute Gasteiger partial charge is 0.233 e. The van der Waals surface area contributed by atoms with Crippen molar-refractivity contribution in [2.45, 2.75) is 26.2 Å². The Labute approximate surface area is 101 Å². The van der Waals surface area contributed by atoms with Crippen LogP contribution in [-0.4, -0.2) is 27.5 Å². The molecule has 2 aromatic rings. The van der Waals surface area contributed by atoms with Gasteiger partial charge in [0.1, 0.15) is 0 Å². The zero-order valence-electron chi connectivity index (χ0n) is 10.2. The molecule has 4 heteroatoms. The van der Waals surface area contributed by atoms with Gasteiger partial charge in [-0.2, -0.15) is 0 Å². The topological polar surface area (TPSA) is 42.2 Å². The third-order valence-electron chi connectivity index (χ3n) is 3.48. The Morgan fingerprint density at radius 1 is 1.47 bits per heavy atom. The number of hydrogen-bond acceptors (Lipinski definition) is 3. The van der Waals surface area contributed by atoms with Gasteiger partial charge in [-0.05, 0) is 43.8 Å². The normalized spacial score (nSPS) is 20.2. The molecule has 3 heterocycles. The Hall–Kier alpha value is -1.42. The van der Waals surface area contributed by atoms with Gasteiger partial charge in [0, 0.05) is 18.6 Å². The fourth-order valence-electron chi connectivity index (χ4n) is 2.44. The molecule has 1 atom stereocenters. The van der Waals surface area contributed by atoms with E-state index in [1.807, 2.05) is 6.20 Å². The molecule has 0 aliphatic carbocycles. The maximum atomic E-state index is 4.58. The average molecular weight is 230 g/mol. The summed E-state index contributed by atoms with van der Waals surface area (Å²) in [5.41, 5.74) is 2.42. The van der Waals surface area contributed by atoms with E-state index in [0.29, 0.717) is 0 Å². The van der Waals surface area contributed by atoms with E-state index in [1.54, 1.807) is 0 Å². The third-order valence-corrected chi connectivity index (χ3v) is 3.48. The highest BCUT2D eigenvalue weighted by Crippen LogP contribution is 2.15. The van der Waals surface area contributed by atoms with E-state index in [-0.39, 0.29) is 0 Å². The fourth-order valence-corrected chi connectivity index (χ4v) is 2.44. The molecule has 90 valence electrons. The molecule has 0 aromatic carbocycles. The lowest BCUT2D eigenvalue weighted by Gasteiger charge is -2.03. The molecule has 1 fully saturated rings. The lowest BCUT2D eigenvalue weighted by atomic mass is 10.0. The largest absolute Gasteiger partial charge is 0.316 e. The summed E-state index contributed by atoms with van der Waals surface area (Å²) in [6.45, 7) is 4.42. The van der Waals surface area contributed by atoms with Crippen LogP contribution in [0.5, 0.6) is 0 Å². The van der Waals surface area contributed by atoms with Gasteiger partial charge in [-0.3, -0.25) is 4.40 Å². The monoisotopic (exact) mass is 230 g/mol. The van der Waals surface area contributed by atoms with Crippen LogP contribution in [0.2, 0.25) is 0 Å². The number of hydrogen-bond donors (Lipinski definition) is 1. The Bertz CT molecular complexity index is 511. The van der Waals surface area contributed by atoms with Crippen LogP contribution in [0, 0.1) is 5.92 Å². The van der Waals surface area contributed by atoms with Crippen molar-refractivity contribution < 1.29 is 0 Å². The zero-order chi connectivity index (χ0) is 11.7. The summed E-state index contributed by atoms with van der Waals surface area (Å²) < 4.78 is 2.05. The van der Waals surface area contributed by atoms with Gasteiger partial charge in [-0.25, -0.2) is 9.97 Å². The Balaban J connectivity index is 1.85. The molecule has 3 rings (SSSR count). The maximum absolute atomic E-state index is 4.58. The fraction of sp³-hybridized carbons (Fsp3) is 0.538. The predicted molar refractivity (Wildman–Crippen MR) is 67.0 cm³/mol. The highest BCUT2D eigenvalue weighted by molar-refractivity contribution is 5.32. The van der Waals surface area contributed by atoms with E-state index in [1.165, 1.54) is 17.7 Å². The molecule has 0 radical (unpaired) electrons. The van der Waals surface area contributed by atoms with Crippen molar-refractivity contribution in [2.24, 2.45) is 5.92 Å². The van der Waals surface area contributed by atoms with Crippen LogP contribution in [-0.2, 0) is 12.8 Å². The highest BCUT2D eigenvalue weighted by atomic mass is 15.1. The van der Waals surface area contributed by atoms with Gasteiger partial charge >= 0.3 is 0 Å². The van der Waals surface area contributed by atoms with Crippen LogP contribution in [0.25, 0.3) is 5.78 Å². The second kappa shape index (κ2) is 4.45. The summed E-state index contributed by atoms with van der Waals surface area (Å²) in [6, 6.07) is 0. The first-order chi connectivity index (χ1) is 8.35. The molecule has 1 aliphatic rings. The summed E-state index contributed by atoms with van der Waals surface area (Å²) in [5.74, 6) is 1.56. The minimum Gasteiger partial charge on any atom is -0.316 e. The number of fused-ring (bicyclic) bond motifs is 1. The number of rotatable bonds is 3. The minimum absolute atomic E-state index is 0.741. The van der Waals surface area contributed by atoms with E-state index in [4.69, 9.17) is 0 Å². The molecule has 1 unspecified atom stereocenters. The first-order valence-electron chi connectivity index (χ1n) is 6.38. The molecule has 0 bridgehead atoms. The molecule has 1 saturated heterocycles. The van der Waals surface area contributed by atoms with E-state index in [9.17, 15) is 0 Å². The van der Waals surface area contributed by atoms with Crippen molar-refractivity contribution in [2.75, 3.05) is 13.1 Å². The number of aryl methyl sites for hydroxylation is 1. The SMILES string of the molecule is CCc1cnc2nc(CC3CCNC3)cn2c1. The van der Waals surface area contributed by atoms with E-state index >= 15 is 0 Å². The minimum atomic E-state index is 0.741. The van der Waals surface area contributed by atoms with Gasteiger partial charge < -0.3 is 5.32 Å². The van der Waals surface area contributed by atoms with Crippen LogP contribution < -0.4 is 5.32 Å². The summed E-state index contributed by atoms with van der Waals surface area (Å²) in [7, 11) is 0. The number of imidazole rings is 1. The molecule has 0 spiro atoms. The summed E-state index contributed by atoms with van der Waals surface area (Å²) in [6.07, 6.45) is 9.52. The summed E-state index contributed by atoms with van der Waals surface area (Å²) in [5, 5.41) is 3.39. The Kier molecular flexibility index (Phi) is 2.81. The van der Waals surface area contributed by atoms with Crippen LogP contribution in [0.3, 0.4) is 0 Å². The van der Waals surface area contributed by atoms with Gasteiger partial charge in [0.05, 0.1) is 5.69 Å². The molecule has 0 amide bonds. The first-order valence-corrected chi connectivity index (χ1v) is 6.38. The molecule has 4 nitrogen and oxygen atoms in total. The van der Waals surface area contributed by atoms with Crippen LogP contribution in [0.4, 0.5) is 0 Å². The second-order valence-corrected chi connectivity index (χ2v) is 4.82. The number of nitrogens with one attached hydrogen (secondary N) is 1. The number of nitrogens with zero attached hydrogens (tertiary/aromatic N) is 3. The highest BCUT2D eigenvalue weighted by Gasteiger charge is 2.16. The molecule has 17 heavy (non-hydrogen) atoms. The van der Waals surface area contributed by atoms with Gasteiger partial charge in [0.25, 0.3) is 0 Å². The molecule has 1 N–H and O–H groups in total. The van der Waals surface area contributed by atoms with Gasteiger partial charge in [0.2, 0.25) is 5.78 Å². The van der Waals surface area contributed by atoms with Crippen molar-refractivity contribution in [3.8, 4) is 0 Å². The molecule has 1 aliphatic heterocycles. The maximum Gasteiger partial charge on any atom is 0.233 e. The van der Waals surface area contributed by atoms with Crippen LogP contribution in [0.15, 0.2) is 18.6 Å². The molecular weight excluding hydrogens is 212 g/mol. The lowest BCUT2D eigenvalue weighted by molar-refractivity contribution is 0.573. The third kappa shape index (κ3) is 2.17. The summed E-state index contributed by atoms with van der Waals surface area (Å²) >= 11 is 0. The molecular formula is C13H18N4. The lowest BCUT2D eigenvalue weighted by Crippen LogP contribution is -2.10. The van der Waals surface area contributed by atoms with Gasteiger partial charge in [-0.15, -0.1) is 0 Å². The predicted octanol–water partition coefficient (Wildman–Crippen LogP) is 1.44. The van der Waals surface area contributed by atoms with Crippen molar-refractivity contribution in [1.82, 2.24) is 19.7 Å². The zero-order valence-corrected chi connectivity index (χ0v) is 10.2. The Morgan fingerprint density at radius 2 is 2.41 bits per heavy atom. The quantitative estimate of drug-likeness (QED) is 0.867. The van der Waals surface area contributed by atoms with Crippen molar-refractivity contribution in [3.05, 3.63) is 29.8 Å². The van der Waals surface area contributed by atoms with Crippen molar-refractivity contribution in [1.29, 1.82) is 0 Å². The Morgan fingerprint density at radius 3 is 3.18 bits per heavy atom. The van der Waals surface area contributed by atoms with E-state index in [2.05, 4.69) is 39.0 Å². The van der Waals surface area contributed by atoms with Crippen LogP contribution >= 0.6 is 0 Å². The van der Waals surface area contributed by atoms with Gasteiger partial charge in [0.15, 0.2) is 0 Å². The van der Waals surface area contributed by atoms with E-state index in [0.717, 1.165) is 37.6 Å². The average Bonchev–Trinajstić information content (AvgIpc) is 2.96. The number of aromatic nitrogens is 3. The second-order valence-electron chi connectivity index (χ2n) is 4.82.